The van der Waals surface area contributed by atoms with Crippen LogP contribution in [-0.4, -0.2) is 66.1 Å². The highest BCUT2D eigenvalue weighted by molar-refractivity contribution is 8.00. The summed E-state index contributed by atoms with van der Waals surface area (Å²) in [5, 5.41) is 5.11. The maximum Gasteiger partial charge on any atom is 0.242 e. The lowest BCUT2D eigenvalue weighted by Crippen LogP contribution is -2.53. The van der Waals surface area contributed by atoms with E-state index in [1.54, 1.807) is 6.92 Å². The second kappa shape index (κ2) is 8.57. The van der Waals surface area contributed by atoms with Gasteiger partial charge in [-0.05, 0) is 0 Å². The summed E-state index contributed by atoms with van der Waals surface area (Å²) in [7, 11) is 0. The number of thioether (sulfide) groups is 1. The third kappa shape index (κ3) is 6.05. The molecule has 1 rings (SSSR count). The van der Waals surface area contributed by atoms with E-state index in [2.05, 4.69) is 10.6 Å². The van der Waals surface area contributed by atoms with Gasteiger partial charge in [0.15, 0.2) is 0 Å². The van der Waals surface area contributed by atoms with Crippen molar-refractivity contribution in [1.29, 1.82) is 0 Å². The number of hydrogen-bond acceptors (Lipinski definition) is 5. The molecule has 0 spiro atoms. The molecule has 0 atom stereocenters. The lowest BCUT2D eigenvalue weighted by molar-refractivity contribution is -0.140. The van der Waals surface area contributed by atoms with E-state index < -0.39 is 0 Å². The Morgan fingerprint density at radius 3 is 2.80 bits per heavy atom. The Morgan fingerprint density at radius 1 is 1.35 bits per heavy atom. The number of amides is 3. The Kier molecular flexibility index (Phi) is 7.06. The molecule has 1 heterocycles. The average Bonchev–Trinajstić information content (AvgIpc) is 2.42. The molecule has 0 radical (unpaired) electrons. The van der Waals surface area contributed by atoms with Crippen LogP contribution in [0.25, 0.3) is 0 Å². The predicted molar refractivity (Wildman–Crippen MR) is 75.2 cm³/mol. The highest BCUT2D eigenvalue weighted by Crippen LogP contribution is 2.01. The Hall–Kier alpha value is -1.57. The molecule has 0 aromatic carbocycles. The van der Waals surface area contributed by atoms with Gasteiger partial charge in [0, 0.05) is 19.5 Å². The van der Waals surface area contributed by atoms with Gasteiger partial charge in [0.05, 0.1) is 24.6 Å². The fourth-order valence-electron chi connectivity index (χ4n) is 1.55. The van der Waals surface area contributed by atoms with Crippen LogP contribution in [0, 0.1) is 0 Å². The number of nitrogens with one attached hydrogen (secondary N) is 2. The number of Topliss-reactive ketones (excluding diaryl/α,β-unsaturated/α-hetero) is 1. The molecule has 0 saturated carbocycles. The summed E-state index contributed by atoms with van der Waals surface area (Å²) in [6, 6.07) is 0. The third-order valence-corrected chi connectivity index (χ3v) is 3.71. The molecule has 3 amide bonds. The molecule has 1 fully saturated rings. The second-order valence-corrected chi connectivity index (χ2v) is 5.31. The fourth-order valence-corrected chi connectivity index (χ4v) is 2.37. The van der Waals surface area contributed by atoms with E-state index in [0.29, 0.717) is 25.3 Å². The van der Waals surface area contributed by atoms with Crippen LogP contribution in [0.2, 0.25) is 0 Å². The largest absolute Gasteiger partial charge is 0.354 e. The van der Waals surface area contributed by atoms with Crippen molar-refractivity contribution >= 4 is 35.3 Å². The monoisotopic (exact) mass is 301 g/mol. The number of nitrogens with zero attached hydrogens (tertiary/aromatic N) is 1. The molecule has 0 aromatic rings. The van der Waals surface area contributed by atoms with Gasteiger partial charge in [0.1, 0.15) is 5.78 Å². The van der Waals surface area contributed by atoms with E-state index in [1.807, 2.05) is 0 Å². The quantitative estimate of drug-likeness (QED) is 0.585. The van der Waals surface area contributed by atoms with E-state index >= 15 is 0 Å². The van der Waals surface area contributed by atoms with Gasteiger partial charge in [-0.25, -0.2) is 0 Å². The zero-order chi connectivity index (χ0) is 15.0. The van der Waals surface area contributed by atoms with Crippen molar-refractivity contribution in [3.8, 4) is 0 Å². The van der Waals surface area contributed by atoms with Gasteiger partial charge >= 0.3 is 0 Å². The van der Waals surface area contributed by atoms with E-state index in [1.165, 1.54) is 16.7 Å². The van der Waals surface area contributed by atoms with Crippen LogP contribution < -0.4 is 10.6 Å². The van der Waals surface area contributed by atoms with Crippen LogP contribution in [0.3, 0.4) is 0 Å². The number of hydrogen-bond donors (Lipinski definition) is 2. The number of carbonyl (C=O) groups is 4. The molecule has 1 aliphatic heterocycles. The lowest BCUT2D eigenvalue weighted by Gasteiger charge is -2.26. The molecule has 2 N–H and O–H groups in total. The topological polar surface area (TPSA) is 95.6 Å². The van der Waals surface area contributed by atoms with Crippen LogP contribution in [0.5, 0.6) is 0 Å². The van der Waals surface area contributed by atoms with Crippen molar-refractivity contribution in [3.05, 3.63) is 0 Å². The minimum Gasteiger partial charge on any atom is -0.354 e. The Labute approximate surface area is 121 Å². The van der Waals surface area contributed by atoms with Gasteiger partial charge < -0.3 is 15.5 Å². The lowest BCUT2D eigenvalue weighted by atomic mass is 10.3. The minimum absolute atomic E-state index is 0.0156. The van der Waals surface area contributed by atoms with Gasteiger partial charge in [-0.2, -0.15) is 0 Å². The zero-order valence-electron chi connectivity index (χ0n) is 11.4. The van der Waals surface area contributed by atoms with E-state index in [9.17, 15) is 19.2 Å². The first-order chi connectivity index (χ1) is 9.52. The summed E-state index contributed by atoms with van der Waals surface area (Å²) in [5.41, 5.74) is 0. The first kappa shape index (κ1) is 16.5. The van der Waals surface area contributed by atoms with Crippen molar-refractivity contribution < 1.29 is 19.2 Å². The smallest absolute Gasteiger partial charge is 0.242 e. The van der Waals surface area contributed by atoms with Crippen LogP contribution >= 0.6 is 11.8 Å². The normalized spacial score (nSPS) is 14.9. The SMILES string of the molecule is CCC(=O)CSCC(=O)NCCN1CC(=O)NCC1=O. The molecule has 0 unspecified atom stereocenters. The molecular weight excluding hydrogens is 282 g/mol. The van der Waals surface area contributed by atoms with Crippen molar-refractivity contribution in [2.24, 2.45) is 0 Å². The zero-order valence-corrected chi connectivity index (χ0v) is 12.3. The average molecular weight is 301 g/mol. The summed E-state index contributed by atoms with van der Waals surface area (Å²) >= 11 is 1.27. The van der Waals surface area contributed by atoms with E-state index in [4.69, 9.17) is 0 Å². The van der Waals surface area contributed by atoms with Crippen LogP contribution in [0.1, 0.15) is 13.3 Å². The first-order valence-corrected chi connectivity index (χ1v) is 7.59. The maximum atomic E-state index is 11.5. The highest BCUT2D eigenvalue weighted by atomic mass is 32.2. The maximum absolute atomic E-state index is 11.5. The van der Waals surface area contributed by atoms with Gasteiger partial charge in [-0.15, -0.1) is 11.8 Å². The predicted octanol–water partition coefficient (Wildman–Crippen LogP) is -1.23. The Balaban J connectivity index is 2.13. The molecule has 0 bridgehead atoms. The highest BCUT2D eigenvalue weighted by Gasteiger charge is 2.22. The van der Waals surface area contributed by atoms with Gasteiger partial charge in [-0.3, -0.25) is 19.2 Å². The molecule has 0 aromatic heterocycles. The Morgan fingerprint density at radius 2 is 2.10 bits per heavy atom. The number of carbonyl (C=O) groups excluding carboxylic acids is 4. The number of rotatable bonds is 8. The van der Waals surface area contributed by atoms with E-state index in [-0.39, 0.29) is 42.3 Å². The summed E-state index contributed by atoms with van der Waals surface area (Å²) in [5.74, 6) is 0.168. The summed E-state index contributed by atoms with van der Waals surface area (Å²) in [4.78, 5) is 46.5. The number of piperazine rings is 1. The van der Waals surface area contributed by atoms with Crippen molar-refractivity contribution in [3.63, 3.8) is 0 Å². The van der Waals surface area contributed by atoms with Gasteiger partial charge in [0.2, 0.25) is 17.7 Å². The molecule has 0 aliphatic carbocycles. The third-order valence-electron chi connectivity index (χ3n) is 2.72. The van der Waals surface area contributed by atoms with Crippen LogP contribution in [-0.2, 0) is 19.2 Å². The standard InChI is InChI=1S/C12H19N3O4S/c1-2-9(16)7-20-8-11(18)13-3-4-15-6-10(17)14-5-12(15)19/h2-8H2,1H3,(H,13,18)(H,14,17). The van der Waals surface area contributed by atoms with Gasteiger partial charge in [0.25, 0.3) is 0 Å². The first-order valence-electron chi connectivity index (χ1n) is 6.43. The summed E-state index contributed by atoms with van der Waals surface area (Å²) in [6.45, 7) is 2.46. The molecule has 1 aliphatic rings. The molecule has 112 valence electrons. The van der Waals surface area contributed by atoms with Crippen LogP contribution in [0.4, 0.5) is 0 Å². The van der Waals surface area contributed by atoms with E-state index in [0.717, 1.165) is 0 Å². The fraction of sp³-hybridized carbons (Fsp3) is 0.667. The molecule has 20 heavy (non-hydrogen) atoms. The molecular formula is C12H19N3O4S. The Bertz CT molecular complexity index is 400. The van der Waals surface area contributed by atoms with Gasteiger partial charge in [-0.1, -0.05) is 6.92 Å². The minimum atomic E-state index is -0.190. The summed E-state index contributed by atoms with van der Waals surface area (Å²) < 4.78 is 0. The number of ketones is 1. The second-order valence-electron chi connectivity index (χ2n) is 4.33. The summed E-state index contributed by atoms with van der Waals surface area (Å²) in [6.07, 6.45) is 0.480. The molecule has 1 saturated heterocycles. The molecule has 7 nitrogen and oxygen atoms in total. The van der Waals surface area contributed by atoms with Crippen LogP contribution in [0.15, 0.2) is 0 Å². The molecule has 8 heteroatoms. The van der Waals surface area contributed by atoms with Crippen molar-refractivity contribution in [2.45, 2.75) is 13.3 Å². The van der Waals surface area contributed by atoms with Crippen molar-refractivity contribution in [1.82, 2.24) is 15.5 Å². The van der Waals surface area contributed by atoms with Crippen molar-refractivity contribution in [2.75, 3.05) is 37.7 Å².